The summed E-state index contributed by atoms with van der Waals surface area (Å²) in [5, 5.41) is 2.36. The smallest absolute Gasteiger partial charge is 0.338 e. The Morgan fingerprint density at radius 2 is 1.78 bits per heavy atom. The van der Waals surface area contributed by atoms with E-state index < -0.39 is 23.7 Å². The molecule has 8 heteroatoms. The number of ether oxygens (including phenoxy) is 1. The second kappa shape index (κ2) is 8.64. The van der Waals surface area contributed by atoms with Gasteiger partial charge in [-0.2, -0.15) is 0 Å². The SMILES string of the molecule is CCOC(=O)c1ccc(NC(=O)C(=O)N(CCN)C(C)=O)cc1. The molecule has 8 nitrogen and oxygen atoms in total. The minimum Gasteiger partial charge on any atom is -0.462 e. The van der Waals surface area contributed by atoms with Gasteiger partial charge in [-0.1, -0.05) is 0 Å². The Morgan fingerprint density at radius 3 is 2.26 bits per heavy atom. The second-order valence-corrected chi connectivity index (χ2v) is 4.52. The standard InChI is InChI=1S/C15H19N3O5/c1-3-23-15(22)11-4-6-12(7-5-11)17-13(20)14(21)18(9-8-16)10(2)19/h4-7H,3,8-9,16H2,1-2H3,(H,17,20). The number of rotatable bonds is 5. The fourth-order valence-corrected chi connectivity index (χ4v) is 1.74. The maximum atomic E-state index is 11.9. The van der Waals surface area contributed by atoms with E-state index in [9.17, 15) is 19.2 Å². The summed E-state index contributed by atoms with van der Waals surface area (Å²) in [5.41, 5.74) is 5.94. The predicted octanol–water partition coefficient (Wildman–Crippen LogP) is 0.136. The molecule has 124 valence electrons. The number of nitrogens with zero attached hydrogens (tertiary/aromatic N) is 1. The van der Waals surface area contributed by atoms with Gasteiger partial charge in [-0.3, -0.25) is 19.3 Å². The highest BCUT2D eigenvalue weighted by Gasteiger charge is 2.24. The van der Waals surface area contributed by atoms with Crippen LogP contribution in [0.15, 0.2) is 24.3 Å². The van der Waals surface area contributed by atoms with E-state index in [1.54, 1.807) is 6.92 Å². The first-order chi connectivity index (χ1) is 10.9. The molecule has 1 aromatic rings. The van der Waals surface area contributed by atoms with Crippen LogP contribution >= 0.6 is 0 Å². The van der Waals surface area contributed by atoms with Gasteiger partial charge in [-0.05, 0) is 31.2 Å². The van der Waals surface area contributed by atoms with E-state index >= 15 is 0 Å². The summed E-state index contributed by atoms with van der Waals surface area (Å²) < 4.78 is 4.84. The van der Waals surface area contributed by atoms with Crippen LogP contribution in [0, 0.1) is 0 Å². The Morgan fingerprint density at radius 1 is 1.17 bits per heavy atom. The number of benzene rings is 1. The number of esters is 1. The Kier molecular flexibility index (Phi) is 6.88. The molecule has 0 aliphatic heterocycles. The van der Waals surface area contributed by atoms with Gasteiger partial charge in [0.05, 0.1) is 12.2 Å². The van der Waals surface area contributed by atoms with E-state index in [4.69, 9.17) is 10.5 Å². The number of hydrogen-bond donors (Lipinski definition) is 2. The maximum absolute atomic E-state index is 11.9. The zero-order valence-electron chi connectivity index (χ0n) is 13.0. The van der Waals surface area contributed by atoms with Crippen LogP contribution in [0.4, 0.5) is 5.69 Å². The van der Waals surface area contributed by atoms with E-state index in [2.05, 4.69) is 5.32 Å². The minimum absolute atomic E-state index is 0.0383. The number of nitrogens with two attached hydrogens (primary N) is 1. The van der Waals surface area contributed by atoms with Crippen molar-refractivity contribution in [2.75, 3.05) is 25.0 Å². The lowest BCUT2D eigenvalue weighted by Crippen LogP contribution is -2.44. The number of amides is 3. The van der Waals surface area contributed by atoms with Crippen molar-refractivity contribution in [2.45, 2.75) is 13.8 Å². The fraction of sp³-hybridized carbons (Fsp3) is 0.333. The molecule has 0 aromatic heterocycles. The first-order valence-corrected chi connectivity index (χ1v) is 7.01. The van der Waals surface area contributed by atoms with E-state index in [1.807, 2.05) is 0 Å². The van der Waals surface area contributed by atoms with E-state index in [0.29, 0.717) is 11.3 Å². The molecule has 0 aliphatic carbocycles. The molecule has 0 spiro atoms. The van der Waals surface area contributed by atoms with Crippen molar-refractivity contribution in [3.8, 4) is 0 Å². The fourth-order valence-electron chi connectivity index (χ4n) is 1.74. The summed E-state index contributed by atoms with van der Waals surface area (Å²) in [7, 11) is 0. The van der Waals surface area contributed by atoms with E-state index in [-0.39, 0.29) is 19.7 Å². The molecule has 0 unspecified atom stereocenters. The van der Waals surface area contributed by atoms with E-state index in [0.717, 1.165) is 4.90 Å². The summed E-state index contributed by atoms with van der Waals surface area (Å²) >= 11 is 0. The van der Waals surface area contributed by atoms with Crippen molar-refractivity contribution < 1.29 is 23.9 Å². The number of imide groups is 1. The van der Waals surface area contributed by atoms with Gasteiger partial charge in [0.2, 0.25) is 5.91 Å². The molecule has 0 saturated heterocycles. The number of carbonyl (C=O) groups excluding carboxylic acids is 4. The summed E-state index contributed by atoms with van der Waals surface area (Å²) in [5.74, 6) is -2.99. The zero-order chi connectivity index (χ0) is 17.4. The quantitative estimate of drug-likeness (QED) is 0.588. The van der Waals surface area contributed by atoms with Crippen molar-refractivity contribution in [3.63, 3.8) is 0 Å². The van der Waals surface area contributed by atoms with Gasteiger partial charge in [-0.15, -0.1) is 0 Å². The van der Waals surface area contributed by atoms with Crippen LogP contribution in [0.2, 0.25) is 0 Å². The summed E-state index contributed by atoms with van der Waals surface area (Å²) in [6, 6.07) is 5.83. The van der Waals surface area contributed by atoms with Gasteiger partial charge >= 0.3 is 17.8 Å². The van der Waals surface area contributed by atoms with Gasteiger partial charge < -0.3 is 15.8 Å². The highest BCUT2D eigenvalue weighted by molar-refractivity contribution is 6.41. The monoisotopic (exact) mass is 321 g/mol. The van der Waals surface area contributed by atoms with Gasteiger partial charge in [0.1, 0.15) is 0 Å². The van der Waals surface area contributed by atoms with Crippen LogP contribution in [-0.2, 0) is 19.1 Å². The topological polar surface area (TPSA) is 119 Å². The van der Waals surface area contributed by atoms with Gasteiger partial charge in [-0.25, -0.2) is 4.79 Å². The van der Waals surface area contributed by atoms with Crippen LogP contribution < -0.4 is 11.1 Å². The third kappa shape index (κ3) is 5.19. The molecule has 0 atom stereocenters. The molecule has 1 rings (SSSR count). The maximum Gasteiger partial charge on any atom is 0.338 e. The van der Waals surface area contributed by atoms with Crippen molar-refractivity contribution in [2.24, 2.45) is 5.73 Å². The normalized spacial score (nSPS) is 9.87. The third-order valence-corrected chi connectivity index (χ3v) is 2.83. The average Bonchev–Trinajstić information content (AvgIpc) is 2.52. The average molecular weight is 321 g/mol. The molecule has 0 heterocycles. The van der Waals surface area contributed by atoms with Crippen molar-refractivity contribution >= 4 is 29.4 Å². The van der Waals surface area contributed by atoms with Crippen LogP contribution in [0.25, 0.3) is 0 Å². The summed E-state index contributed by atoms with van der Waals surface area (Å²) in [6.45, 7) is 3.15. The molecule has 23 heavy (non-hydrogen) atoms. The molecule has 0 fully saturated rings. The summed E-state index contributed by atoms with van der Waals surface area (Å²) in [6.07, 6.45) is 0. The molecular weight excluding hydrogens is 302 g/mol. The number of nitrogens with one attached hydrogen (secondary N) is 1. The highest BCUT2D eigenvalue weighted by atomic mass is 16.5. The molecule has 3 N–H and O–H groups in total. The Hall–Kier alpha value is -2.74. The molecule has 1 aromatic carbocycles. The molecule has 3 amide bonds. The largest absolute Gasteiger partial charge is 0.462 e. The van der Waals surface area contributed by atoms with Crippen LogP contribution in [0.1, 0.15) is 24.2 Å². The van der Waals surface area contributed by atoms with Crippen LogP contribution in [0.5, 0.6) is 0 Å². The van der Waals surface area contributed by atoms with E-state index in [1.165, 1.54) is 31.2 Å². The number of anilines is 1. The molecule has 0 aliphatic rings. The Labute approximate surface area is 133 Å². The lowest BCUT2D eigenvalue weighted by atomic mass is 10.2. The molecule has 0 radical (unpaired) electrons. The second-order valence-electron chi connectivity index (χ2n) is 4.52. The minimum atomic E-state index is -0.989. The van der Waals surface area contributed by atoms with Gasteiger partial charge in [0, 0.05) is 25.7 Å². The van der Waals surface area contributed by atoms with Crippen molar-refractivity contribution in [1.82, 2.24) is 4.90 Å². The van der Waals surface area contributed by atoms with Crippen LogP contribution in [-0.4, -0.2) is 48.3 Å². The predicted molar refractivity (Wildman–Crippen MR) is 82.5 cm³/mol. The Balaban J connectivity index is 2.75. The van der Waals surface area contributed by atoms with Crippen molar-refractivity contribution in [3.05, 3.63) is 29.8 Å². The zero-order valence-corrected chi connectivity index (χ0v) is 13.0. The lowest BCUT2D eigenvalue weighted by Gasteiger charge is -2.17. The van der Waals surface area contributed by atoms with Crippen molar-refractivity contribution in [1.29, 1.82) is 0 Å². The number of carbonyl (C=O) groups is 4. The third-order valence-electron chi connectivity index (χ3n) is 2.83. The van der Waals surface area contributed by atoms with Gasteiger partial charge in [0.15, 0.2) is 0 Å². The Bertz CT molecular complexity index is 598. The number of hydrogen-bond acceptors (Lipinski definition) is 6. The first kappa shape index (κ1) is 18.3. The highest BCUT2D eigenvalue weighted by Crippen LogP contribution is 2.11. The summed E-state index contributed by atoms with van der Waals surface area (Å²) in [4.78, 5) is 47.4. The van der Waals surface area contributed by atoms with Crippen LogP contribution in [0.3, 0.4) is 0 Å². The molecule has 0 bridgehead atoms. The molecule has 0 saturated carbocycles. The first-order valence-electron chi connectivity index (χ1n) is 7.01. The van der Waals surface area contributed by atoms with Gasteiger partial charge in [0.25, 0.3) is 0 Å². The molecular formula is C15H19N3O5. The lowest BCUT2D eigenvalue weighted by molar-refractivity contribution is -0.149.